The number of nitrogens with two attached hydrogens (primary N) is 1. The molecule has 0 aliphatic carbocycles. The van der Waals surface area contributed by atoms with Gasteiger partial charge in [0.05, 0.1) is 0 Å². The molecule has 0 unspecified atom stereocenters. The van der Waals surface area contributed by atoms with Crippen LogP contribution in [0.4, 0.5) is 0 Å². The monoisotopic (exact) mass is 145 g/mol. The quantitative estimate of drug-likeness (QED) is 0.352. The SMILES string of the molecule is NC1(C(=O)O)NCCCN1. The predicted octanol–water partition coefficient (Wildman–Crippen LogP) is -1.73. The molecular weight excluding hydrogens is 134 g/mol. The third kappa shape index (κ3) is 1.26. The summed E-state index contributed by atoms with van der Waals surface area (Å²) in [6.07, 6.45) is 0.909. The van der Waals surface area contributed by atoms with Gasteiger partial charge >= 0.3 is 5.97 Å². The summed E-state index contributed by atoms with van der Waals surface area (Å²) in [4.78, 5) is 10.4. The van der Waals surface area contributed by atoms with Crippen LogP contribution in [0.5, 0.6) is 0 Å². The van der Waals surface area contributed by atoms with Gasteiger partial charge in [0.15, 0.2) is 0 Å². The van der Waals surface area contributed by atoms with Crippen molar-refractivity contribution < 1.29 is 9.90 Å². The average molecular weight is 145 g/mol. The summed E-state index contributed by atoms with van der Waals surface area (Å²) in [6.45, 7) is 1.30. The first-order valence-electron chi connectivity index (χ1n) is 3.17. The Labute approximate surface area is 58.6 Å². The van der Waals surface area contributed by atoms with Crippen LogP contribution in [0.15, 0.2) is 0 Å². The van der Waals surface area contributed by atoms with Crippen molar-refractivity contribution in [1.29, 1.82) is 0 Å². The lowest BCUT2D eigenvalue weighted by atomic mass is 10.2. The summed E-state index contributed by atoms with van der Waals surface area (Å²) in [5.41, 5.74) is 5.38. The van der Waals surface area contributed by atoms with Crippen molar-refractivity contribution in [3.05, 3.63) is 0 Å². The molecule has 0 atom stereocenters. The number of carboxylic acid groups (broad SMARTS) is 1. The maximum Gasteiger partial charge on any atom is 0.354 e. The molecule has 1 aliphatic rings. The lowest BCUT2D eigenvalue weighted by molar-refractivity contribution is -0.147. The van der Waals surface area contributed by atoms with Gasteiger partial charge in [0, 0.05) is 0 Å². The molecular formula is C5H11N3O2. The molecule has 58 valence electrons. The Balaban J connectivity index is 2.56. The second-order valence-electron chi connectivity index (χ2n) is 2.32. The predicted molar refractivity (Wildman–Crippen MR) is 35.2 cm³/mol. The molecule has 5 nitrogen and oxygen atoms in total. The lowest BCUT2D eigenvalue weighted by Gasteiger charge is -2.31. The van der Waals surface area contributed by atoms with Crippen LogP contribution in [-0.4, -0.2) is 30.0 Å². The summed E-state index contributed by atoms with van der Waals surface area (Å²) in [5.74, 6) is -2.47. The summed E-state index contributed by atoms with van der Waals surface area (Å²) in [5, 5.41) is 13.9. The maximum atomic E-state index is 10.4. The van der Waals surface area contributed by atoms with E-state index in [1.165, 1.54) is 0 Å². The smallest absolute Gasteiger partial charge is 0.354 e. The topological polar surface area (TPSA) is 87.4 Å². The van der Waals surface area contributed by atoms with E-state index in [1.54, 1.807) is 0 Å². The van der Waals surface area contributed by atoms with E-state index in [-0.39, 0.29) is 0 Å². The molecule has 1 aliphatic heterocycles. The van der Waals surface area contributed by atoms with Crippen LogP contribution in [0.2, 0.25) is 0 Å². The largest absolute Gasteiger partial charge is 0.478 e. The van der Waals surface area contributed by atoms with Crippen molar-refractivity contribution >= 4 is 5.97 Å². The summed E-state index contributed by atoms with van der Waals surface area (Å²) in [7, 11) is 0. The molecule has 0 saturated carbocycles. The first kappa shape index (κ1) is 7.46. The molecule has 1 heterocycles. The van der Waals surface area contributed by atoms with E-state index in [0.29, 0.717) is 13.1 Å². The van der Waals surface area contributed by atoms with Crippen molar-refractivity contribution in [3.63, 3.8) is 0 Å². The van der Waals surface area contributed by atoms with E-state index in [4.69, 9.17) is 10.8 Å². The van der Waals surface area contributed by atoms with E-state index >= 15 is 0 Å². The van der Waals surface area contributed by atoms with Gasteiger partial charge in [-0.05, 0) is 19.5 Å². The molecule has 0 aromatic rings. The van der Waals surface area contributed by atoms with Crippen LogP contribution >= 0.6 is 0 Å². The van der Waals surface area contributed by atoms with Gasteiger partial charge in [-0.25, -0.2) is 4.79 Å². The third-order valence-corrected chi connectivity index (χ3v) is 1.50. The molecule has 1 saturated heterocycles. The minimum absolute atomic E-state index is 0.649. The summed E-state index contributed by atoms with van der Waals surface area (Å²) in [6, 6.07) is 0. The van der Waals surface area contributed by atoms with Crippen molar-refractivity contribution in [3.8, 4) is 0 Å². The number of aliphatic carboxylic acids is 1. The second-order valence-corrected chi connectivity index (χ2v) is 2.32. The normalized spacial score (nSPS) is 24.1. The standard InChI is InChI=1S/C5H11N3O2/c6-5(4(9)10)7-2-1-3-8-5/h7-8H,1-3,6H2,(H,9,10). The van der Waals surface area contributed by atoms with Gasteiger partial charge in [0.1, 0.15) is 0 Å². The van der Waals surface area contributed by atoms with Crippen LogP contribution < -0.4 is 16.4 Å². The zero-order valence-corrected chi connectivity index (χ0v) is 5.55. The van der Waals surface area contributed by atoms with Gasteiger partial charge in [0.2, 0.25) is 5.79 Å². The Morgan fingerprint density at radius 3 is 2.30 bits per heavy atom. The van der Waals surface area contributed by atoms with E-state index in [9.17, 15) is 4.79 Å². The van der Waals surface area contributed by atoms with E-state index in [2.05, 4.69) is 10.6 Å². The average Bonchev–Trinajstić information content (AvgIpc) is 1.89. The highest BCUT2D eigenvalue weighted by molar-refractivity contribution is 5.77. The maximum absolute atomic E-state index is 10.4. The van der Waals surface area contributed by atoms with Gasteiger partial charge in [-0.1, -0.05) is 0 Å². The van der Waals surface area contributed by atoms with Gasteiger partial charge in [0.25, 0.3) is 0 Å². The Hall–Kier alpha value is -0.650. The number of carbonyl (C=O) groups is 1. The molecule has 1 fully saturated rings. The zero-order valence-electron chi connectivity index (χ0n) is 5.55. The third-order valence-electron chi connectivity index (χ3n) is 1.50. The fourth-order valence-electron chi connectivity index (χ4n) is 0.873. The minimum atomic E-state index is -1.40. The lowest BCUT2D eigenvalue weighted by Crippen LogP contribution is -2.71. The molecule has 5 heteroatoms. The van der Waals surface area contributed by atoms with Crippen LogP contribution in [0.1, 0.15) is 6.42 Å². The van der Waals surface area contributed by atoms with Crippen LogP contribution in [0, 0.1) is 0 Å². The number of nitrogens with one attached hydrogen (secondary N) is 2. The zero-order chi connectivity index (χ0) is 7.61. The van der Waals surface area contributed by atoms with Crippen LogP contribution in [-0.2, 0) is 4.79 Å². The van der Waals surface area contributed by atoms with E-state index in [0.717, 1.165) is 6.42 Å². The van der Waals surface area contributed by atoms with E-state index < -0.39 is 11.8 Å². The molecule has 0 bridgehead atoms. The highest BCUT2D eigenvalue weighted by Gasteiger charge is 2.34. The highest BCUT2D eigenvalue weighted by atomic mass is 16.4. The van der Waals surface area contributed by atoms with Gasteiger partial charge < -0.3 is 5.11 Å². The van der Waals surface area contributed by atoms with Crippen molar-refractivity contribution in [2.45, 2.75) is 12.2 Å². The van der Waals surface area contributed by atoms with Crippen LogP contribution in [0.25, 0.3) is 0 Å². The van der Waals surface area contributed by atoms with Crippen LogP contribution in [0.3, 0.4) is 0 Å². The Morgan fingerprint density at radius 2 is 2.00 bits per heavy atom. The molecule has 1 rings (SSSR count). The molecule has 0 aromatic carbocycles. The minimum Gasteiger partial charge on any atom is -0.478 e. The molecule has 5 N–H and O–H groups in total. The number of hydrogen-bond acceptors (Lipinski definition) is 4. The highest BCUT2D eigenvalue weighted by Crippen LogP contribution is 1.96. The van der Waals surface area contributed by atoms with Crippen molar-refractivity contribution in [2.75, 3.05) is 13.1 Å². The number of rotatable bonds is 1. The molecule has 0 radical (unpaired) electrons. The Kier molecular flexibility index (Phi) is 1.89. The number of carboxylic acids is 1. The molecule has 0 spiro atoms. The molecule has 10 heavy (non-hydrogen) atoms. The first-order valence-corrected chi connectivity index (χ1v) is 3.17. The molecule has 0 amide bonds. The summed E-state index contributed by atoms with van der Waals surface area (Å²) >= 11 is 0. The molecule has 0 aromatic heterocycles. The van der Waals surface area contributed by atoms with E-state index in [1.807, 2.05) is 0 Å². The van der Waals surface area contributed by atoms with Gasteiger partial charge in [-0.15, -0.1) is 0 Å². The van der Waals surface area contributed by atoms with Gasteiger partial charge in [-0.2, -0.15) is 0 Å². The van der Waals surface area contributed by atoms with Gasteiger partial charge in [-0.3, -0.25) is 16.4 Å². The van der Waals surface area contributed by atoms with Crippen molar-refractivity contribution in [1.82, 2.24) is 10.6 Å². The first-order chi connectivity index (χ1) is 4.65. The number of hydrogen-bond donors (Lipinski definition) is 4. The summed E-state index contributed by atoms with van der Waals surface area (Å²) < 4.78 is 0. The van der Waals surface area contributed by atoms with Crippen molar-refractivity contribution in [2.24, 2.45) is 5.73 Å². The second kappa shape index (κ2) is 2.53. The fourth-order valence-corrected chi connectivity index (χ4v) is 0.873. The fraction of sp³-hybridized carbons (Fsp3) is 0.800. The Bertz CT molecular complexity index is 142. The Morgan fingerprint density at radius 1 is 1.50 bits per heavy atom.